The van der Waals surface area contributed by atoms with Gasteiger partial charge in [0.15, 0.2) is 11.0 Å². The summed E-state index contributed by atoms with van der Waals surface area (Å²) in [6, 6.07) is 8.51. The molecule has 1 aliphatic heterocycles. The highest BCUT2D eigenvalue weighted by atomic mass is 32.2. The van der Waals surface area contributed by atoms with E-state index in [9.17, 15) is 4.79 Å². The van der Waals surface area contributed by atoms with Crippen molar-refractivity contribution < 1.29 is 4.79 Å². The number of nitrogens with zero attached hydrogens (tertiary/aromatic N) is 4. The summed E-state index contributed by atoms with van der Waals surface area (Å²) in [7, 11) is 1.97. The quantitative estimate of drug-likeness (QED) is 0.677. The van der Waals surface area contributed by atoms with Crippen LogP contribution in [0.5, 0.6) is 0 Å². The SMILES string of the molecule is CC1CC(C)CN(C(=O)C(C)Sc2nnc(-c3ccc(C(C)(C)C)cc3)n2C)C1. The van der Waals surface area contributed by atoms with E-state index >= 15 is 0 Å². The molecule has 2 aromatic rings. The van der Waals surface area contributed by atoms with Gasteiger partial charge in [-0.3, -0.25) is 4.79 Å². The van der Waals surface area contributed by atoms with Crippen LogP contribution in [0.2, 0.25) is 0 Å². The molecule has 0 N–H and O–H groups in total. The Kier molecular flexibility index (Phi) is 6.42. The van der Waals surface area contributed by atoms with Crippen molar-refractivity contribution in [3.8, 4) is 11.4 Å². The molecule has 1 aromatic heterocycles. The third kappa shape index (κ3) is 5.03. The lowest BCUT2D eigenvalue weighted by Crippen LogP contribution is -2.45. The second-order valence-corrected chi connectivity index (χ2v) is 10.9. The fraction of sp³-hybridized carbons (Fsp3) is 0.609. The molecule has 29 heavy (non-hydrogen) atoms. The van der Waals surface area contributed by atoms with E-state index in [1.54, 1.807) is 0 Å². The minimum absolute atomic E-state index is 0.124. The topological polar surface area (TPSA) is 51.0 Å². The van der Waals surface area contributed by atoms with Gasteiger partial charge in [-0.1, -0.05) is 70.6 Å². The van der Waals surface area contributed by atoms with Crippen LogP contribution in [0.4, 0.5) is 0 Å². The van der Waals surface area contributed by atoms with Crippen LogP contribution >= 0.6 is 11.8 Å². The van der Waals surface area contributed by atoms with Crippen molar-refractivity contribution in [2.75, 3.05) is 13.1 Å². The van der Waals surface area contributed by atoms with Gasteiger partial charge in [0, 0.05) is 25.7 Å². The van der Waals surface area contributed by atoms with Gasteiger partial charge in [-0.15, -0.1) is 10.2 Å². The molecular formula is C23H34N4OS. The Morgan fingerprint density at radius 3 is 2.24 bits per heavy atom. The van der Waals surface area contributed by atoms with Crippen molar-refractivity contribution in [3.63, 3.8) is 0 Å². The number of likely N-dealkylation sites (tertiary alicyclic amines) is 1. The Morgan fingerprint density at radius 1 is 1.10 bits per heavy atom. The first-order chi connectivity index (χ1) is 13.6. The van der Waals surface area contributed by atoms with E-state index in [0.717, 1.165) is 29.6 Å². The summed E-state index contributed by atoms with van der Waals surface area (Å²) >= 11 is 1.50. The normalized spacial score (nSPS) is 21.3. The number of carbonyl (C=O) groups excluding carboxylic acids is 1. The second kappa shape index (κ2) is 8.50. The number of benzene rings is 1. The summed E-state index contributed by atoms with van der Waals surface area (Å²) in [6.07, 6.45) is 1.20. The summed E-state index contributed by atoms with van der Waals surface area (Å²) < 4.78 is 1.99. The lowest BCUT2D eigenvalue weighted by molar-refractivity contribution is -0.132. The highest BCUT2D eigenvalue weighted by Crippen LogP contribution is 2.30. The van der Waals surface area contributed by atoms with Gasteiger partial charge in [-0.05, 0) is 36.2 Å². The summed E-state index contributed by atoms with van der Waals surface area (Å²) in [5, 5.41) is 9.36. The Labute approximate surface area is 179 Å². The Bertz CT molecular complexity index is 843. The van der Waals surface area contributed by atoms with Crippen LogP contribution in [0.1, 0.15) is 53.5 Å². The van der Waals surface area contributed by atoms with Gasteiger partial charge in [0.2, 0.25) is 5.91 Å². The maximum Gasteiger partial charge on any atom is 0.235 e. The predicted molar refractivity (Wildman–Crippen MR) is 120 cm³/mol. The third-order valence-electron chi connectivity index (χ3n) is 5.65. The van der Waals surface area contributed by atoms with Gasteiger partial charge in [-0.2, -0.15) is 0 Å². The number of hydrogen-bond donors (Lipinski definition) is 0. The van der Waals surface area contributed by atoms with Crippen LogP contribution in [0.25, 0.3) is 11.4 Å². The average Bonchev–Trinajstić information content (AvgIpc) is 3.00. The molecule has 1 aliphatic rings. The molecule has 5 nitrogen and oxygen atoms in total. The zero-order chi connectivity index (χ0) is 21.3. The van der Waals surface area contributed by atoms with Gasteiger partial charge in [0.1, 0.15) is 0 Å². The van der Waals surface area contributed by atoms with E-state index in [4.69, 9.17) is 0 Å². The molecule has 2 heterocycles. The molecular weight excluding hydrogens is 380 g/mol. The molecule has 0 radical (unpaired) electrons. The Morgan fingerprint density at radius 2 is 1.69 bits per heavy atom. The molecule has 3 unspecified atom stereocenters. The fourth-order valence-electron chi connectivity index (χ4n) is 4.10. The summed E-state index contributed by atoms with van der Waals surface area (Å²) in [6.45, 7) is 14.8. The number of hydrogen-bond acceptors (Lipinski definition) is 4. The Balaban J connectivity index is 1.71. The fourth-order valence-corrected chi connectivity index (χ4v) is 5.00. The number of rotatable bonds is 4. The van der Waals surface area contributed by atoms with Crippen LogP contribution in [-0.4, -0.2) is 43.9 Å². The molecule has 0 aliphatic carbocycles. The minimum Gasteiger partial charge on any atom is -0.341 e. The first-order valence-electron chi connectivity index (χ1n) is 10.5. The smallest absolute Gasteiger partial charge is 0.235 e. The summed E-state index contributed by atoms with van der Waals surface area (Å²) in [5.74, 6) is 2.16. The average molecular weight is 415 g/mol. The molecule has 158 valence electrons. The highest BCUT2D eigenvalue weighted by molar-refractivity contribution is 8.00. The van der Waals surface area contributed by atoms with Gasteiger partial charge in [0.25, 0.3) is 0 Å². The van der Waals surface area contributed by atoms with E-state index in [1.807, 2.05) is 23.4 Å². The first-order valence-corrected chi connectivity index (χ1v) is 11.4. The molecule has 3 rings (SSSR count). The second-order valence-electron chi connectivity index (χ2n) is 9.64. The standard InChI is InChI=1S/C23H34N4OS/c1-15-12-16(2)14-27(13-15)21(28)17(3)29-22-25-24-20(26(22)7)18-8-10-19(11-9-18)23(4,5)6/h8-11,15-17H,12-14H2,1-7H3. The highest BCUT2D eigenvalue weighted by Gasteiger charge is 2.29. The lowest BCUT2D eigenvalue weighted by atomic mass is 9.87. The maximum absolute atomic E-state index is 13.0. The zero-order valence-electron chi connectivity index (χ0n) is 18.8. The van der Waals surface area contributed by atoms with Crippen molar-refractivity contribution in [2.45, 2.75) is 63.8 Å². The van der Waals surface area contributed by atoms with Crippen molar-refractivity contribution in [1.82, 2.24) is 19.7 Å². The summed E-state index contributed by atoms with van der Waals surface area (Å²) in [4.78, 5) is 15.0. The molecule has 0 saturated carbocycles. The van der Waals surface area contributed by atoms with Gasteiger partial charge >= 0.3 is 0 Å². The van der Waals surface area contributed by atoms with Crippen molar-refractivity contribution in [2.24, 2.45) is 18.9 Å². The van der Waals surface area contributed by atoms with E-state index in [0.29, 0.717) is 11.8 Å². The van der Waals surface area contributed by atoms with Gasteiger partial charge < -0.3 is 9.47 Å². The predicted octanol–water partition coefficient (Wildman–Crippen LogP) is 4.76. The zero-order valence-corrected chi connectivity index (χ0v) is 19.6. The van der Waals surface area contributed by atoms with E-state index in [-0.39, 0.29) is 16.6 Å². The maximum atomic E-state index is 13.0. The summed E-state index contributed by atoms with van der Waals surface area (Å²) in [5.41, 5.74) is 2.46. The number of aromatic nitrogens is 3. The molecule has 1 amide bonds. The van der Waals surface area contributed by atoms with Crippen LogP contribution < -0.4 is 0 Å². The van der Waals surface area contributed by atoms with Gasteiger partial charge in [-0.25, -0.2) is 0 Å². The van der Waals surface area contributed by atoms with Gasteiger partial charge in [0.05, 0.1) is 5.25 Å². The van der Waals surface area contributed by atoms with E-state index in [2.05, 4.69) is 69.1 Å². The van der Waals surface area contributed by atoms with Crippen LogP contribution in [0, 0.1) is 11.8 Å². The number of amides is 1. The third-order valence-corrected chi connectivity index (χ3v) is 6.78. The number of thioether (sulfide) groups is 1. The van der Waals surface area contributed by atoms with Crippen LogP contribution in [0.3, 0.4) is 0 Å². The van der Waals surface area contributed by atoms with Crippen molar-refractivity contribution >= 4 is 17.7 Å². The first kappa shape index (κ1) is 21.9. The van der Waals surface area contributed by atoms with Crippen molar-refractivity contribution in [1.29, 1.82) is 0 Å². The molecule has 6 heteroatoms. The number of piperidine rings is 1. The molecule has 0 spiro atoms. The van der Waals surface area contributed by atoms with E-state index < -0.39 is 0 Å². The molecule has 1 fully saturated rings. The number of carbonyl (C=O) groups is 1. The molecule has 3 atom stereocenters. The Hall–Kier alpha value is -1.82. The van der Waals surface area contributed by atoms with Crippen molar-refractivity contribution in [3.05, 3.63) is 29.8 Å². The largest absolute Gasteiger partial charge is 0.341 e. The molecule has 0 bridgehead atoms. The van der Waals surface area contributed by atoms with Crippen LogP contribution in [-0.2, 0) is 17.3 Å². The molecule has 1 saturated heterocycles. The van der Waals surface area contributed by atoms with Crippen LogP contribution in [0.15, 0.2) is 29.4 Å². The monoisotopic (exact) mass is 414 g/mol. The van der Waals surface area contributed by atoms with E-state index in [1.165, 1.54) is 23.7 Å². The lowest BCUT2D eigenvalue weighted by Gasteiger charge is -2.36. The minimum atomic E-state index is -0.175. The molecule has 1 aromatic carbocycles.